The Labute approximate surface area is 132 Å². The number of hydrogen-bond donors (Lipinski definition) is 0. The van der Waals surface area contributed by atoms with Gasteiger partial charge in [0.05, 0.1) is 0 Å². The lowest BCUT2D eigenvalue weighted by atomic mass is 9.44. The van der Waals surface area contributed by atoms with Crippen molar-refractivity contribution >= 4 is 17.3 Å². The average molecular weight is 302 g/mol. The van der Waals surface area contributed by atoms with Crippen molar-refractivity contribution in [3.8, 4) is 0 Å². The lowest BCUT2D eigenvalue weighted by molar-refractivity contribution is -0.168. The monoisotopic (exact) mass is 302 g/mol. The van der Waals surface area contributed by atoms with Gasteiger partial charge in [0.2, 0.25) is 0 Å². The molecular formula is C19H26O3. The average Bonchev–Trinajstić information content (AvgIpc) is 2.87. The Hall–Kier alpha value is -0.990. The second kappa shape index (κ2) is 4.52. The summed E-state index contributed by atoms with van der Waals surface area (Å²) in [5.41, 5.74) is -0.264. The number of rotatable bonds is 0. The Balaban J connectivity index is 1.78. The van der Waals surface area contributed by atoms with Gasteiger partial charge in [0.15, 0.2) is 0 Å². The maximum atomic E-state index is 12.9. The molecule has 0 bridgehead atoms. The van der Waals surface area contributed by atoms with Gasteiger partial charge in [-0.1, -0.05) is 20.3 Å². The Morgan fingerprint density at radius 1 is 0.909 bits per heavy atom. The molecule has 0 aromatic heterocycles. The molecule has 0 aromatic carbocycles. The van der Waals surface area contributed by atoms with Crippen LogP contribution in [-0.4, -0.2) is 17.3 Å². The fourth-order valence-electron chi connectivity index (χ4n) is 6.59. The summed E-state index contributed by atoms with van der Waals surface area (Å²) in [5, 5.41) is 0. The third-order valence-electron chi connectivity index (χ3n) is 7.91. The van der Waals surface area contributed by atoms with Crippen molar-refractivity contribution in [1.29, 1.82) is 0 Å². The Morgan fingerprint density at radius 3 is 2.45 bits per heavy atom. The molecule has 4 fully saturated rings. The molecule has 4 rings (SSSR count). The molecule has 4 aliphatic rings. The summed E-state index contributed by atoms with van der Waals surface area (Å²) < 4.78 is 0. The largest absolute Gasteiger partial charge is 0.299 e. The molecule has 0 heterocycles. The minimum atomic E-state index is -0.558. The molecule has 1 unspecified atom stereocenters. The van der Waals surface area contributed by atoms with Crippen LogP contribution in [0, 0.1) is 34.5 Å². The maximum absolute atomic E-state index is 12.9. The van der Waals surface area contributed by atoms with Gasteiger partial charge in [0.1, 0.15) is 17.3 Å². The first-order valence-corrected chi connectivity index (χ1v) is 8.96. The zero-order chi connectivity index (χ0) is 15.7. The maximum Gasteiger partial charge on any atom is 0.140 e. The zero-order valence-electron chi connectivity index (χ0n) is 13.7. The van der Waals surface area contributed by atoms with Gasteiger partial charge in [-0.15, -0.1) is 0 Å². The summed E-state index contributed by atoms with van der Waals surface area (Å²) in [4.78, 5) is 38.1. The summed E-state index contributed by atoms with van der Waals surface area (Å²) in [5.74, 6) is 0.974. The van der Waals surface area contributed by atoms with E-state index in [0.29, 0.717) is 30.6 Å². The van der Waals surface area contributed by atoms with E-state index in [1.165, 1.54) is 12.8 Å². The van der Waals surface area contributed by atoms with Gasteiger partial charge >= 0.3 is 0 Å². The number of carbonyl (C=O) groups excluding carboxylic acids is 3. The van der Waals surface area contributed by atoms with Crippen molar-refractivity contribution in [1.82, 2.24) is 0 Å². The van der Waals surface area contributed by atoms with Gasteiger partial charge in [-0.2, -0.15) is 0 Å². The van der Waals surface area contributed by atoms with Crippen LogP contribution >= 0.6 is 0 Å². The lowest BCUT2D eigenvalue weighted by Crippen LogP contribution is -2.60. The zero-order valence-corrected chi connectivity index (χ0v) is 13.7. The van der Waals surface area contributed by atoms with Crippen molar-refractivity contribution in [2.24, 2.45) is 34.5 Å². The van der Waals surface area contributed by atoms with Crippen molar-refractivity contribution < 1.29 is 14.4 Å². The number of Topliss-reactive ketones (excluding diaryl/α,β-unsaturated/α-hetero) is 3. The Kier molecular flexibility index (Phi) is 3.00. The SMILES string of the molecule is C[C@@]12CCC[C@H]1[C@@H]1C(=O)CC3C(=O)CCC(=O)[C@]3(C)[C@H]1CC2. The number of hydrogen-bond acceptors (Lipinski definition) is 3. The van der Waals surface area contributed by atoms with Crippen LogP contribution in [0.3, 0.4) is 0 Å². The van der Waals surface area contributed by atoms with Crippen LogP contribution in [0.1, 0.15) is 65.2 Å². The van der Waals surface area contributed by atoms with Crippen LogP contribution in [-0.2, 0) is 14.4 Å². The number of fused-ring (bicyclic) bond motifs is 5. The van der Waals surface area contributed by atoms with Crippen LogP contribution in [0.4, 0.5) is 0 Å². The number of ketones is 3. The fraction of sp³-hybridized carbons (Fsp3) is 0.842. The molecule has 3 heteroatoms. The second-order valence-corrected chi connectivity index (χ2v) is 8.72. The predicted octanol–water partition coefficient (Wildman–Crippen LogP) is 3.35. The summed E-state index contributed by atoms with van der Waals surface area (Å²) in [6.45, 7) is 4.36. The summed E-state index contributed by atoms with van der Waals surface area (Å²) in [6, 6.07) is 0. The molecule has 0 saturated heterocycles. The van der Waals surface area contributed by atoms with Crippen molar-refractivity contribution in [3.05, 3.63) is 0 Å². The standard InChI is InChI=1S/C19H26O3/c1-18-8-3-4-11(18)17-12(7-9-18)19(2)13(10-15(17)21)14(20)5-6-16(19)22/h11-13,17H,3-10H2,1-2H3/t11-,12-,13?,17-,18-,19+/m0/s1. The first-order valence-electron chi connectivity index (χ1n) is 8.96. The van der Waals surface area contributed by atoms with Gasteiger partial charge in [-0.25, -0.2) is 0 Å². The van der Waals surface area contributed by atoms with Crippen LogP contribution in [0.5, 0.6) is 0 Å². The molecule has 22 heavy (non-hydrogen) atoms. The molecule has 0 aromatic rings. The normalized spacial score (nSPS) is 51.3. The van der Waals surface area contributed by atoms with E-state index >= 15 is 0 Å². The molecule has 0 radical (unpaired) electrons. The van der Waals surface area contributed by atoms with E-state index in [4.69, 9.17) is 0 Å². The fourth-order valence-corrected chi connectivity index (χ4v) is 6.59. The van der Waals surface area contributed by atoms with Crippen molar-refractivity contribution in [2.75, 3.05) is 0 Å². The molecule has 3 nitrogen and oxygen atoms in total. The highest BCUT2D eigenvalue weighted by Crippen LogP contribution is 2.64. The van der Waals surface area contributed by atoms with Gasteiger partial charge < -0.3 is 0 Å². The van der Waals surface area contributed by atoms with E-state index < -0.39 is 5.41 Å². The molecule has 0 N–H and O–H groups in total. The summed E-state index contributed by atoms with van der Waals surface area (Å²) in [7, 11) is 0. The summed E-state index contributed by atoms with van der Waals surface area (Å²) >= 11 is 0. The second-order valence-electron chi connectivity index (χ2n) is 8.72. The lowest BCUT2D eigenvalue weighted by Gasteiger charge is -2.57. The molecule has 120 valence electrons. The topological polar surface area (TPSA) is 51.2 Å². The first-order chi connectivity index (χ1) is 10.4. The molecule has 4 aliphatic carbocycles. The Morgan fingerprint density at radius 2 is 1.68 bits per heavy atom. The highest BCUT2D eigenvalue weighted by molar-refractivity contribution is 6.03. The van der Waals surface area contributed by atoms with Gasteiger partial charge in [-0.05, 0) is 42.9 Å². The van der Waals surface area contributed by atoms with E-state index in [2.05, 4.69) is 6.92 Å². The van der Waals surface area contributed by atoms with E-state index in [0.717, 1.165) is 19.3 Å². The molecular weight excluding hydrogens is 276 g/mol. The summed E-state index contributed by atoms with van der Waals surface area (Å²) in [6.07, 6.45) is 6.72. The first kappa shape index (κ1) is 14.6. The molecule has 0 spiro atoms. The van der Waals surface area contributed by atoms with Crippen LogP contribution in [0.2, 0.25) is 0 Å². The highest BCUT2D eigenvalue weighted by Gasteiger charge is 2.64. The minimum Gasteiger partial charge on any atom is -0.299 e. The van der Waals surface area contributed by atoms with E-state index in [-0.39, 0.29) is 35.1 Å². The molecule has 6 atom stereocenters. The van der Waals surface area contributed by atoms with Gasteiger partial charge in [0.25, 0.3) is 0 Å². The van der Waals surface area contributed by atoms with E-state index in [9.17, 15) is 14.4 Å². The molecule has 0 amide bonds. The van der Waals surface area contributed by atoms with Crippen molar-refractivity contribution in [3.63, 3.8) is 0 Å². The minimum absolute atomic E-state index is 0.0392. The van der Waals surface area contributed by atoms with Gasteiger partial charge in [0, 0.05) is 36.5 Å². The third-order valence-corrected chi connectivity index (χ3v) is 7.91. The molecule has 4 saturated carbocycles. The highest BCUT2D eigenvalue weighted by atomic mass is 16.1. The van der Waals surface area contributed by atoms with E-state index in [1.807, 2.05) is 6.92 Å². The van der Waals surface area contributed by atoms with Crippen LogP contribution in [0.15, 0.2) is 0 Å². The Bertz CT molecular complexity index is 565. The van der Waals surface area contributed by atoms with Crippen LogP contribution < -0.4 is 0 Å². The van der Waals surface area contributed by atoms with Crippen LogP contribution in [0.25, 0.3) is 0 Å². The third kappa shape index (κ3) is 1.66. The smallest absolute Gasteiger partial charge is 0.140 e. The number of carbonyl (C=O) groups is 3. The quantitative estimate of drug-likeness (QED) is 0.689. The van der Waals surface area contributed by atoms with Crippen molar-refractivity contribution in [2.45, 2.75) is 65.2 Å². The van der Waals surface area contributed by atoms with Gasteiger partial charge in [-0.3, -0.25) is 14.4 Å². The molecule has 0 aliphatic heterocycles. The predicted molar refractivity (Wildman–Crippen MR) is 82.1 cm³/mol. The van der Waals surface area contributed by atoms with E-state index in [1.54, 1.807) is 0 Å².